The van der Waals surface area contributed by atoms with Gasteiger partial charge in [0.25, 0.3) is 0 Å². The lowest BCUT2D eigenvalue weighted by atomic mass is 9.93. The van der Waals surface area contributed by atoms with Crippen molar-refractivity contribution in [1.29, 1.82) is 0 Å². The van der Waals surface area contributed by atoms with Crippen LogP contribution in [0.4, 0.5) is 0 Å². The Morgan fingerprint density at radius 1 is 1.31 bits per heavy atom. The number of aliphatic hydroxyl groups is 1. The van der Waals surface area contributed by atoms with Gasteiger partial charge in [0.1, 0.15) is 11.5 Å². The highest BCUT2D eigenvalue weighted by atomic mass is 16.5. The highest BCUT2D eigenvalue weighted by Gasteiger charge is 2.25. The molecule has 0 aliphatic rings. The second-order valence-electron chi connectivity index (χ2n) is 4.15. The quantitative estimate of drug-likeness (QED) is 0.724. The number of rotatable bonds is 4. The maximum Gasteiger partial charge on any atom is 0.127 e. The van der Waals surface area contributed by atoms with E-state index in [2.05, 4.69) is 0 Å². The summed E-state index contributed by atoms with van der Waals surface area (Å²) >= 11 is 0. The van der Waals surface area contributed by atoms with Crippen molar-refractivity contribution in [1.82, 2.24) is 0 Å². The van der Waals surface area contributed by atoms with E-state index < -0.39 is 12.1 Å². The van der Waals surface area contributed by atoms with E-state index >= 15 is 0 Å². The molecule has 0 saturated carbocycles. The summed E-state index contributed by atoms with van der Waals surface area (Å²) in [7, 11) is 1.51. The van der Waals surface area contributed by atoms with Crippen molar-refractivity contribution in [3.05, 3.63) is 23.8 Å². The third-order valence-corrected chi connectivity index (χ3v) is 2.65. The smallest absolute Gasteiger partial charge is 0.127 e. The predicted octanol–water partition coefficient (Wildman–Crippen LogP) is 1.42. The van der Waals surface area contributed by atoms with Crippen LogP contribution in [0.25, 0.3) is 0 Å². The molecule has 0 saturated heterocycles. The van der Waals surface area contributed by atoms with Gasteiger partial charge in [-0.05, 0) is 18.1 Å². The van der Waals surface area contributed by atoms with Gasteiger partial charge < -0.3 is 20.7 Å². The molecule has 0 spiro atoms. The first-order chi connectivity index (χ1) is 7.49. The standard InChI is InChI=1S/C12H19NO3/c1-7(2)12(15)11(13)10-8(14)5-4-6-9(10)16-3/h4-7,11-12,14-15H,13H2,1-3H3/t11-,12+/m1/s1. The lowest BCUT2D eigenvalue weighted by Crippen LogP contribution is -2.30. The van der Waals surface area contributed by atoms with E-state index in [1.54, 1.807) is 12.1 Å². The van der Waals surface area contributed by atoms with Crippen molar-refractivity contribution in [3.63, 3.8) is 0 Å². The number of hydrogen-bond donors (Lipinski definition) is 3. The zero-order chi connectivity index (χ0) is 12.3. The molecule has 4 nitrogen and oxygen atoms in total. The first kappa shape index (κ1) is 12.8. The average Bonchev–Trinajstić information content (AvgIpc) is 2.26. The molecule has 0 aliphatic carbocycles. The second kappa shape index (κ2) is 5.18. The van der Waals surface area contributed by atoms with Gasteiger partial charge in [-0.2, -0.15) is 0 Å². The molecule has 0 aromatic heterocycles. The minimum absolute atomic E-state index is 0.0133. The van der Waals surface area contributed by atoms with Crippen molar-refractivity contribution in [2.45, 2.75) is 26.0 Å². The molecule has 16 heavy (non-hydrogen) atoms. The molecule has 0 heterocycles. The van der Waals surface area contributed by atoms with Crippen LogP contribution in [0, 0.1) is 5.92 Å². The summed E-state index contributed by atoms with van der Waals surface area (Å²) in [5.41, 5.74) is 6.38. The Morgan fingerprint density at radius 2 is 1.94 bits per heavy atom. The predicted molar refractivity (Wildman–Crippen MR) is 62.4 cm³/mol. The Balaban J connectivity index is 3.11. The van der Waals surface area contributed by atoms with Crippen molar-refractivity contribution in [2.75, 3.05) is 7.11 Å². The summed E-state index contributed by atoms with van der Waals surface area (Å²) in [5.74, 6) is 0.554. The summed E-state index contributed by atoms with van der Waals surface area (Å²) in [5, 5.41) is 19.7. The van der Waals surface area contributed by atoms with E-state index in [0.717, 1.165) is 0 Å². The first-order valence-electron chi connectivity index (χ1n) is 5.28. The topological polar surface area (TPSA) is 75.7 Å². The number of aliphatic hydroxyl groups excluding tert-OH is 1. The number of phenolic OH excluding ortho intramolecular Hbond substituents is 1. The molecule has 0 aliphatic heterocycles. The number of hydrogen-bond acceptors (Lipinski definition) is 4. The molecule has 0 unspecified atom stereocenters. The lowest BCUT2D eigenvalue weighted by molar-refractivity contribution is 0.0959. The molecule has 0 amide bonds. The van der Waals surface area contributed by atoms with Crippen LogP contribution < -0.4 is 10.5 Å². The van der Waals surface area contributed by atoms with Gasteiger partial charge in [0.15, 0.2) is 0 Å². The van der Waals surface area contributed by atoms with Gasteiger partial charge in [-0.15, -0.1) is 0 Å². The molecular weight excluding hydrogens is 206 g/mol. The van der Waals surface area contributed by atoms with Crippen LogP contribution in [0.15, 0.2) is 18.2 Å². The van der Waals surface area contributed by atoms with Crippen molar-refractivity contribution in [3.8, 4) is 11.5 Å². The fourth-order valence-electron chi connectivity index (χ4n) is 1.63. The Hall–Kier alpha value is -1.26. The minimum atomic E-state index is -0.720. The van der Waals surface area contributed by atoms with Gasteiger partial charge in [-0.1, -0.05) is 19.9 Å². The number of benzene rings is 1. The van der Waals surface area contributed by atoms with Gasteiger partial charge in [0.05, 0.1) is 24.8 Å². The van der Waals surface area contributed by atoms with Crippen molar-refractivity contribution < 1.29 is 14.9 Å². The van der Waals surface area contributed by atoms with E-state index in [4.69, 9.17) is 10.5 Å². The van der Waals surface area contributed by atoms with E-state index in [1.165, 1.54) is 13.2 Å². The summed E-state index contributed by atoms with van der Waals surface area (Å²) in [6.45, 7) is 3.74. The van der Waals surface area contributed by atoms with E-state index in [1.807, 2.05) is 13.8 Å². The highest BCUT2D eigenvalue weighted by molar-refractivity contribution is 5.46. The van der Waals surface area contributed by atoms with E-state index in [0.29, 0.717) is 11.3 Å². The Labute approximate surface area is 95.7 Å². The maximum atomic E-state index is 9.90. The zero-order valence-corrected chi connectivity index (χ0v) is 9.84. The molecule has 1 aromatic rings. The SMILES string of the molecule is COc1cccc(O)c1[C@@H](N)[C@@H](O)C(C)C. The van der Waals surface area contributed by atoms with Crippen LogP contribution in [0.3, 0.4) is 0 Å². The zero-order valence-electron chi connectivity index (χ0n) is 9.84. The van der Waals surface area contributed by atoms with Crippen LogP contribution in [-0.2, 0) is 0 Å². The second-order valence-corrected chi connectivity index (χ2v) is 4.15. The van der Waals surface area contributed by atoms with Crippen LogP contribution in [0.2, 0.25) is 0 Å². The third kappa shape index (κ3) is 2.46. The Kier molecular flexibility index (Phi) is 4.15. The van der Waals surface area contributed by atoms with E-state index in [-0.39, 0.29) is 11.7 Å². The van der Waals surface area contributed by atoms with Crippen molar-refractivity contribution in [2.24, 2.45) is 11.7 Å². The fourth-order valence-corrected chi connectivity index (χ4v) is 1.63. The van der Waals surface area contributed by atoms with Gasteiger partial charge in [-0.3, -0.25) is 0 Å². The molecule has 1 aromatic carbocycles. The van der Waals surface area contributed by atoms with Crippen LogP contribution in [0.5, 0.6) is 11.5 Å². The first-order valence-corrected chi connectivity index (χ1v) is 5.28. The average molecular weight is 225 g/mol. The fraction of sp³-hybridized carbons (Fsp3) is 0.500. The molecule has 4 N–H and O–H groups in total. The highest BCUT2D eigenvalue weighted by Crippen LogP contribution is 2.34. The van der Waals surface area contributed by atoms with Gasteiger partial charge in [-0.25, -0.2) is 0 Å². The van der Waals surface area contributed by atoms with Gasteiger partial charge >= 0.3 is 0 Å². The Bertz CT molecular complexity index is 352. The molecule has 2 atom stereocenters. The molecule has 0 fully saturated rings. The lowest BCUT2D eigenvalue weighted by Gasteiger charge is -2.24. The number of ether oxygens (including phenoxy) is 1. The minimum Gasteiger partial charge on any atom is -0.507 e. The third-order valence-electron chi connectivity index (χ3n) is 2.65. The Morgan fingerprint density at radius 3 is 2.44 bits per heavy atom. The number of aromatic hydroxyl groups is 1. The van der Waals surface area contributed by atoms with E-state index in [9.17, 15) is 10.2 Å². The summed E-state index contributed by atoms with van der Waals surface area (Å²) < 4.78 is 5.13. The molecule has 1 rings (SSSR count). The van der Waals surface area contributed by atoms with Crippen molar-refractivity contribution >= 4 is 0 Å². The molecular formula is C12H19NO3. The molecule has 90 valence electrons. The van der Waals surface area contributed by atoms with Crippen LogP contribution in [0.1, 0.15) is 25.5 Å². The van der Waals surface area contributed by atoms with Crippen LogP contribution >= 0.6 is 0 Å². The number of nitrogens with two attached hydrogens (primary N) is 1. The molecule has 0 radical (unpaired) electrons. The van der Waals surface area contributed by atoms with Gasteiger partial charge in [0, 0.05) is 0 Å². The number of methoxy groups -OCH3 is 1. The molecule has 0 bridgehead atoms. The van der Waals surface area contributed by atoms with Gasteiger partial charge in [0.2, 0.25) is 0 Å². The largest absolute Gasteiger partial charge is 0.507 e. The molecule has 4 heteroatoms. The monoisotopic (exact) mass is 225 g/mol. The summed E-state index contributed by atoms with van der Waals surface area (Å²) in [6.07, 6.45) is -0.720. The maximum absolute atomic E-state index is 9.90. The number of phenols is 1. The summed E-state index contributed by atoms with van der Waals surface area (Å²) in [6, 6.07) is 4.26. The summed E-state index contributed by atoms with van der Waals surface area (Å²) in [4.78, 5) is 0. The van der Waals surface area contributed by atoms with Crippen LogP contribution in [-0.4, -0.2) is 23.4 Å². The normalized spacial score (nSPS) is 14.9.